The van der Waals surface area contributed by atoms with Crippen molar-refractivity contribution in [2.75, 3.05) is 0 Å². The van der Waals surface area contributed by atoms with Crippen LogP contribution in [0.25, 0.3) is 0 Å². The van der Waals surface area contributed by atoms with Crippen molar-refractivity contribution in [3.63, 3.8) is 0 Å². The average Bonchev–Trinajstić information content (AvgIpc) is 2.69. The first-order valence-corrected chi connectivity index (χ1v) is 8.84. The van der Waals surface area contributed by atoms with Gasteiger partial charge < -0.3 is 10.1 Å². The number of halogens is 1. The Bertz CT molecular complexity index is 813. The third-order valence-corrected chi connectivity index (χ3v) is 4.37. The predicted octanol–water partition coefficient (Wildman–Crippen LogP) is 5.01. The quantitative estimate of drug-likeness (QED) is 0.666. The molecule has 1 N–H and O–H groups in total. The molecule has 26 heavy (non-hydrogen) atoms. The molecule has 4 heteroatoms. The lowest BCUT2D eigenvalue weighted by molar-refractivity contribution is -0.127. The molecule has 0 aliphatic rings. The molecule has 0 heterocycles. The molecule has 0 aliphatic carbocycles. The zero-order valence-electron chi connectivity index (χ0n) is 14.4. The van der Waals surface area contributed by atoms with E-state index in [1.54, 1.807) is 19.1 Å². The minimum absolute atomic E-state index is 0.206. The van der Waals surface area contributed by atoms with Crippen LogP contribution in [0.2, 0.25) is 5.02 Å². The van der Waals surface area contributed by atoms with Gasteiger partial charge in [0.15, 0.2) is 6.10 Å². The average molecular weight is 366 g/mol. The summed E-state index contributed by atoms with van der Waals surface area (Å²) in [5, 5.41) is 3.56. The number of carbonyl (C=O) groups excluding carboxylic acids is 1. The highest BCUT2D eigenvalue weighted by Crippen LogP contribution is 2.25. The maximum absolute atomic E-state index is 12.7. The highest BCUT2D eigenvalue weighted by Gasteiger charge is 2.22. The van der Waals surface area contributed by atoms with E-state index in [1.807, 2.05) is 72.8 Å². The summed E-state index contributed by atoms with van der Waals surface area (Å²) in [6.07, 6.45) is -0.676. The smallest absolute Gasteiger partial charge is 0.261 e. The highest BCUT2D eigenvalue weighted by molar-refractivity contribution is 6.32. The fourth-order valence-electron chi connectivity index (χ4n) is 2.69. The van der Waals surface area contributed by atoms with Crippen LogP contribution in [0.5, 0.6) is 5.75 Å². The van der Waals surface area contributed by atoms with E-state index in [9.17, 15) is 4.79 Å². The first kappa shape index (κ1) is 18.0. The van der Waals surface area contributed by atoms with Gasteiger partial charge in [0.2, 0.25) is 0 Å². The molecule has 0 bridgehead atoms. The Labute approximate surface area is 158 Å². The summed E-state index contributed by atoms with van der Waals surface area (Å²) in [6.45, 7) is 1.71. The monoisotopic (exact) mass is 365 g/mol. The number of amides is 1. The second-order valence-corrected chi connectivity index (χ2v) is 6.36. The third kappa shape index (κ3) is 4.44. The van der Waals surface area contributed by atoms with Crippen LogP contribution in [0.15, 0.2) is 84.9 Å². The number of para-hydroxylation sites is 1. The SMILES string of the molecule is C[C@@H](Oc1ccccc1Cl)C(=O)NC(c1ccccc1)c1ccccc1. The zero-order chi connectivity index (χ0) is 18.4. The molecule has 0 fully saturated rings. The third-order valence-electron chi connectivity index (χ3n) is 4.06. The number of benzene rings is 3. The topological polar surface area (TPSA) is 38.3 Å². The van der Waals surface area contributed by atoms with Crippen molar-refractivity contribution in [2.24, 2.45) is 0 Å². The molecular weight excluding hydrogens is 346 g/mol. The summed E-state index contributed by atoms with van der Waals surface area (Å²) < 4.78 is 5.74. The van der Waals surface area contributed by atoms with Crippen LogP contribution in [0.3, 0.4) is 0 Å². The highest BCUT2D eigenvalue weighted by atomic mass is 35.5. The fourth-order valence-corrected chi connectivity index (χ4v) is 2.87. The summed E-state index contributed by atoms with van der Waals surface area (Å²) in [5.74, 6) is 0.287. The summed E-state index contributed by atoms with van der Waals surface area (Å²) >= 11 is 6.11. The maximum Gasteiger partial charge on any atom is 0.261 e. The zero-order valence-corrected chi connectivity index (χ0v) is 15.2. The normalized spacial score (nSPS) is 11.8. The molecule has 3 aromatic rings. The van der Waals surface area contributed by atoms with Gasteiger partial charge in [-0.1, -0.05) is 84.4 Å². The molecule has 0 saturated heterocycles. The Morgan fingerprint density at radius 1 is 0.846 bits per heavy atom. The number of nitrogens with one attached hydrogen (secondary N) is 1. The van der Waals surface area contributed by atoms with Crippen LogP contribution in [0, 0.1) is 0 Å². The van der Waals surface area contributed by atoms with Gasteiger partial charge in [-0.15, -0.1) is 0 Å². The van der Waals surface area contributed by atoms with Gasteiger partial charge in [-0.25, -0.2) is 0 Å². The fraction of sp³-hybridized carbons (Fsp3) is 0.136. The standard InChI is InChI=1S/C22H20ClNO2/c1-16(26-20-15-9-8-14-19(20)23)22(25)24-21(17-10-4-2-5-11-17)18-12-6-3-7-13-18/h2-16,21H,1H3,(H,24,25)/t16-/m1/s1. The van der Waals surface area contributed by atoms with E-state index in [1.165, 1.54) is 0 Å². The molecule has 1 atom stereocenters. The van der Waals surface area contributed by atoms with Crippen molar-refractivity contribution in [3.8, 4) is 5.75 Å². The Morgan fingerprint density at radius 3 is 1.88 bits per heavy atom. The van der Waals surface area contributed by atoms with Gasteiger partial charge in [-0.3, -0.25) is 4.79 Å². The van der Waals surface area contributed by atoms with E-state index >= 15 is 0 Å². The van der Waals surface area contributed by atoms with E-state index < -0.39 is 6.10 Å². The summed E-state index contributed by atoms with van der Waals surface area (Å²) in [4.78, 5) is 12.7. The van der Waals surface area contributed by atoms with Crippen molar-refractivity contribution in [3.05, 3.63) is 101 Å². The number of ether oxygens (including phenoxy) is 1. The summed E-state index contributed by atoms with van der Waals surface area (Å²) in [6, 6.07) is 26.6. The second kappa shape index (κ2) is 8.54. The number of carbonyl (C=O) groups is 1. The van der Waals surface area contributed by atoms with Crippen molar-refractivity contribution in [1.82, 2.24) is 5.32 Å². The van der Waals surface area contributed by atoms with Crippen molar-refractivity contribution < 1.29 is 9.53 Å². The maximum atomic E-state index is 12.7. The Hall–Kier alpha value is -2.78. The molecule has 3 aromatic carbocycles. The molecule has 1 amide bonds. The summed E-state index contributed by atoms with van der Waals surface area (Å²) in [7, 11) is 0. The Balaban J connectivity index is 1.78. The van der Waals surface area contributed by atoms with E-state index in [0.717, 1.165) is 11.1 Å². The molecule has 0 radical (unpaired) electrons. The van der Waals surface area contributed by atoms with E-state index in [0.29, 0.717) is 10.8 Å². The van der Waals surface area contributed by atoms with Gasteiger partial charge in [0.1, 0.15) is 5.75 Å². The van der Waals surface area contributed by atoms with Crippen LogP contribution in [-0.4, -0.2) is 12.0 Å². The van der Waals surface area contributed by atoms with Crippen LogP contribution in [-0.2, 0) is 4.79 Å². The summed E-state index contributed by atoms with van der Waals surface area (Å²) in [5.41, 5.74) is 2.02. The number of rotatable bonds is 6. The van der Waals surface area contributed by atoms with Gasteiger partial charge in [0, 0.05) is 0 Å². The minimum Gasteiger partial charge on any atom is -0.479 e. The van der Waals surface area contributed by atoms with Crippen LogP contribution >= 0.6 is 11.6 Å². The van der Waals surface area contributed by atoms with E-state index in [4.69, 9.17) is 16.3 Å². The molecule has 0 aliphatic heterocycles. The van der Waals surface area contributed by atoms with Gasteiger partial charge in [-0.2, -0.15) is 0 Å². The van der Waals surface area contributed by atoms with Crippen molar-refractivity contribution in [1.29, 1.82) is 0 Å². The molecule has 0 unspecified atom stereocenters. The van der Waals surface area contributed by atoms with Crippen LogP contribution in [0.4, 0.5) is 0 Å². The molecule has 3 nitrogen and oxygen atoms in total. The van der Waals surface area contributed by atoms with Gasteiger partial charge in [0.05, 0.1) is 11.1 Å². The molecule has 0 spiro atoms. The molecular formula is C22H20ClNO2. The van der Waals surface area contributed by atoms with Crippen LogP contribution in [0.1, 0.15) is 24.1 Å². The molecule has 0 aromatic heterocycles. The lowest BCUT2D eigenvalue weighted by atomic mass is 9.98. The van der Waals surface area contributed by atoms with Crippen LogP contribution < -0.4 is 10.1 Å². The molecule has 0 saturated carbocycles. The second-order valence-electron chi connectivity index (χ2n) is 5.95. The van der Waals surface area contributed by atoms with Gasteiger partial charge in [0.25, 0.3) is 5.91 Å². The molecule has 3 rings (SSSR count). The van der Waals surface area contributed by atoms with Gasteiger partial charge >= 0.3 is 0 Å². The Morgan fingerprint density at radius 2 is 1.35 bits per heavy atom. The first-order valence-electron chi connectivity index (χ1n) is 8.46. The van der Waals surface area contributed by atoms with E-state index in [2.05, 4.69) is 5.32 Å². The minimum atomic E-state index is -0.676. The van der Waals surface area contributed by atoms with Gasteiger partial charge in [-0.05, 0) is 30.2 Å². The largest absolute Gasteiger partial charge is 0.479 e. The Kier molecular flexibility index (Phi) is 5.92. The van der Waals surface area contributed by atoms with Crippen molar-refractivity contribution in [2.45, 2.75) is 19.1 Å². The molecule has 132 valence electrons. The number of hydrogen-bond acceptors (Lipinski definition) is 2. The predicted molar refractivity (Wildman–Crippen MR) is 104 cm³/mol. The van der Waals surface area contributed by atoms with E-state index in [-0.39, 0.29) is 11.9 Å². The number of hydrogen-bond donors (Lipinski definition) is 1. The van der Waals surface area contributed by atoms with Crippen molar-refractivity contribution >= 4 is 17.5 Å². The first-order chi connectivity index (χ1) is 12.6. The lowest BCUT2D eigenvalue weighted by Crippen LogP contribution is -2.39. The lowest BCUT2D eigenvalue weighted by Gasteiger charge is -2.23.